The van der Waals surface area contributed by atoms with E-state index in [0.717, 1.165) is 5.56 Å². The van der Waals surface area contributed by atoms with Crippen LogP contribution in [0.3, 0.4) is 0 Å². The Morgan fingerprint density at radius 3 is 2.56 bits per heavy atom. The van der Waals surface area contributed by atoms with E-state index in [2.05, 4.69) is 10.2 Å². The molecule has 0 aliphatic carbocycles. The zero-order valence-electron chi connectivity index (χ0n) is 14.4. The Hall–Kier alpha value is -2.51. The number of carboxylic acid groups (broad SMARTS) is 1. The number of hydrogen-bond acceptors (Lipinski definition) is 5. The van der Waals surface area contributed by atoms with E-state index < -0.39 is 5.97 Å². The maximum Gasteiger partial charge on any atom is 0.304 e. The minimum absolute atomic E-state index is 0.0689. The average Bonchev–Trinajstić information content (AvgIpc) is 3.03. The van der Waals surface area contributed by atoms with Crippen molar-refractivity contribution in [2.45, 2.75) is 24.7 Å². The van der Waals surface area contributed by atoms with Crippen LogP contribution < -0.4 is 4.74 Å². The van der Waals surface area contributed by atoms with Crippen molar-refractivity contribution in [2.24, 2.45) is 0 Å². The summed E-state index contributed by atoms with van der Waals surface area (Å²) in [5, 5.41) is 18.6. The lowest BCUT2D eigenvalue weighted by molar-refractivity contribution is -0.136. The Labute approximate surface area is 166 Å². The van der Waals surface area contributed by atoms with Gasteiger partial charge < -0.3 is 9.84 Å². The first kappa shape index (κ1) is 19.3. The van der Waals surface area contributed by atoms with Crippen LogP contribution in [0.1, 0.15) is 17.8 Å². The summed E-state index contributed by atoms with van der Waals surface area (Å²) in [5.74, 6) is 0.962. The number of aromatic nitrogens is 3. The molecule has 8 heteroatoms. The van der Waals surface area contributed by atoms with Crippen molar-refractivity contribution in [3.63, 3.8) is 0 Å². The van der Waals surface area contributed by atoms with E-state index in [1.807, 2.05) is 34.9 Å². The molecule has 0 amide bonds. The van der Waals surface area contributed by atoms with E-state index >= 15 is 0 Å². The Balaban J connectivity index is 1.75. The first-order valence-electron chi connectivity index (χ1n) is 8.31. The second kappa shape index (κ2) is 9.43. The van der Waals surface area contributed by atoms with Crippen molar-refractivity contribution in [1.29, 1.82) is 0 Å². The van der Waals surface area contributed by atoms with Crippen LogP contribution in [0.4, 0.5) is 0 Å². The van der Waals surface area contributed by atoms with Crippen LogP contribution in [0.2, 0.25) is 5.02 Å². The molecule has 0 saturated heterocycles. The van der Waals surface area contributed by atoms with Gasteiger partial charge in [0.1, 0.15) is 12.4 Å². The lowest BCUT2D eigenvalue weighted by Gasteiger charge is -2.11. The van der Waals surface area contributed by atoms with Crippen LogP contribution in [-0.2, 0) is 17.9 Å². The molecule has 0 radical (unpaired) electrons. The van der Waals surface area contributed by atoms with Crippen LogP contribution in [0.5, 0.6) is 5.75 Å². The van der Waals surface area contributed by atoms with E-state index in [1.54, 1.807) is 24.3 Å². The Bertz CT molecular complexity index is 885. The van der Waals surface area contributed by atoms with Gasteiger partial charge in [-0.1, -0.05) is 53.7 Å². The molecule has 1 heterocycles. The summed E-state index contributed by atoms with van der Waals surface area (Å²) in [4.78, 5) is 10.8. The van der Waals surface area contributed by atoms with Crippen LogP contribution in [0.15, 0.2) is 59.8 Å². The Morgan fingerprint density at radius 2 is 1.85 bits per heavy atom. The predicted molar refractivity (Wildman–Crippen MR) is 104 cm³/mol. The Morgan fingerprint density at radius 1 is 1.11 bits per heavy atom. The lowest BCUT2D eigenvalue weighted by atomic mass is 10.2. The van der Waals surface area contributed by atoms with E-state index in [-0.39, 0.29) is 13.0 Å². The quantitative estimate of drug-likeness (QED) is 0.541. The highest BCUT2D eigenvalue weighted by atomic mass is 35.5. The van der Waals surface area contributed by atoms with Crippen molar-refractivity contribution >= 4 is 29.3 Å². The molecular formula is C19H18ClN3O3S. The molecule has 2 aromatic carbocycles. The van der Waals surface area contributed by atoms with Crippen molar-refractivity contribution in [1.82, 2.24) is 14.8 Å². The number of thioether (sulfide) groups is 1. The van der Waals surface area contributed by atoms with Gasteiger partial charge in [0, 0.05) is 10.8 Å². The second-order valence-corrected chi connectivity index (χ2v) is 7.20. The predicted octanol–water partition coefficient (Wildman–Crippen LogP) is 4.13. The Kier molecular flexibility index (Phi) is 6.73. The number of carbonyl (C=O) groups is 1. The smallest absolute Gasteiger partial charge is 0.304 e. The van der Waals surface area contributed by atoms with Gasteiger partial charge in [-0.25, -0.2) is 0 Å². The highest BCUT2D eigenvalue weighted by molar-refractivity contribution is 7.99. The molecule has 6 nitrogen and oxygen atoms in total. The van der Waals surface area contributed by atoms with Crippen molar-refractivity contribution < 1.29 is 14.6 Å². The highest BCUT2D eigenvalue weighted by Crippen LogP contribution is 2.21. The van der Waals surface area contributed by atoms with Crippen LogP contribution >= 0.6 is 23.4 Å². The van der Waals surface area contributed by atoms with E-state index in [1.165, 1.54) is 11.8 Å². The van der Waals surface area contributed by atoms with E-state index in [4.69, 9.17) is 21.4 Å². The molecule has 140 valence electrons. The fourth-order valence-corrected chi connectivity index (χ4v) is 3.38. The molecule has 0 spiro atoms. The topological polar surface area (TPSA) is 77.2 Å². The fourth-order valence-electron chi connectivity index (χ4n) is 2.37. The van der Waals surface area contributed by atoms with Gasteiger partial charge in [0.2, 0.25) is 0 Å². The number of rotatable bonds is 9. The maximum absolute atomic E-state index is 10.8. The lowest BCUT2D eigenvalue weighted by Crippen LogP contribution is -2.10. The number of benzene rings is 2. The van der Waals surface area contributed by atoms with Gasteiger partial charge in [-0.3, -0.25) is 9.36 Å². The minimum atomic E-state index is -0.831. The van der Waals surface area contributed by atoms with Crippen LogP contribution in [-0.4, -0.2) is 31.6 Å². The van der Waals surface area contributed by atoms with Gasteiger partial charge in [-0.2, -0.15) is 0 Å². The summed E-state index contributed by atoms with van der Waals surface area (Å²) in [6.45, 7) is 0.837. The summed E-state index contributed by atoms with van der Waals surface area (Å²) < 4.78 is 7.75. The molecule has 0 saturated carbocycles. The first-order valence-corrected chi connectivity index (χ1v) is 9.67. The summed E-state index contributed by atoms with van der Waals surface area (Å²) in [5.41, 5.74) is 1.10. The largest absolute Gasteiger partial charge is 0.486 e. The number of aliphatic carboxylic acids is 1. The molecule has 0 atom stereocenters. The van der Waals surface area contributed by atoms with Gasteiger partial charge in [-0.15, -0.1) is 10.2 Å². The van der Waals surface area contributed by atoms with Crippen molar-refractivity contribution in [3.05, 3.63) is 71.0 Å². The molecule has 0 fully saturated rings. The third-order valence-electron chi connectivity index (χ3n) is 3.71. The second-order valence-electron chi connectivity index (χ2n) is 5.71. The molecule has 0 aliphatic heterocycles. The minimum Gasteiger partial charge on any atom is -0.486 e. The third kappa shape index (κ3) is 5.74. The first-order chi connectivity index (χ1) is 13.1. The summed E-state index contributed by atoms with van der Waals surface area (Å²) in [7, 11) is 0. The summed E-state index contributed by atoms with van der Waals surface area (Å²) in [6.07, 6.45) is 0.0689. The van der Waals surface area contributed by atoms with E-state index in [9.17, 15) is 4.79 Å². The fraction of sp³-hybridized carbons (Fsp3) is 0.211. The van der Waals surface area contributed by atoms with Crippen molar-refractivity contribution in [2.75, 3.05) is 5.75 Å². The highest BCUT2D eigenvalue weighted by Gasteiger charge is 2.14. The van der Waals surface area contributed by atoms with Gasteiger partial charge in [0.15, 0.2) is 11.0 Å². The van der Waals surface area contributed by atoms with Gasteiger partial charge >= 0.3 is 5.97 Å². The number of nitrogens with zero attached hydrogens (tertiary/aromatic N) is 3. The molecule has 27 heavy (non-hydrogen) atoms. The van der Waals surface area contributed by atoms with Gasteiger partial charge in [0.05, 0.1) is 13.0 Å². The molecule has 0 unspecified atom stereocenters. The molecule has 3 aromatic rings. The maximum atomic E-state index is 10.8. The number of ether oxygens (including phenoxy) is 1. The molecule has 0 aliphatic rings. The normalized spacial score (nSPS) is 10.7. The van der Waals surface area contributed by atoms with E-state index in [0.29, 0.717) is 34.1 Å². The number of halogens is 1. The third-order valence-corrected chi connectivity index (χ3v) is 4.93. The van der Waals surface area contributed by atoms with Crippen molar-refractivity contribution in [3.8, 4) is 5.75 Å². The zero-order valence-corrected chi connectivity index (χ0v) is 16.0. The standard InChI is InChI=1S/C19H18ClN3O3S/c20-15-6-8-16(9-7-15)26-13-17-21-22-19(27-11-10-18(24)25)23(17)12-14-4-2-1-3-5-14/h1-9H,10-13H2,(H,24,25). The summed E-state index contributed by atoms with van der Waals surface area (Å²) >= 11 is 7.27. The van der Waals surface area contributed by atoms with Gasteiger partial charge in [-0.05, 0) is 29.8 Å². The van der Waals surface area contributed by atoms with Crippen LogP contribution in [0.25, 0.3) is 0 Å². The number of carboxylic acids is 1. The molecule has 3 rings (SSSR count). The SMILES string of the molecule is O=C(O)CCSc1nnc(COc2ccc(Cl)cc2)n1Cc1ccccc1. The molecule has 1 aromatic heterocycles. The number of hydrogen-bond donors (Lipinski definition) is 1. The van der Waals surface area contributed by atoms with Crippen LogP contribution in [0, 0.1) is 0 Å². The monoisotopic (exact) mass is 403 g/mol. The molecule has 0 bridgehead atoms. The summed E-state index contributed by atoms with van der Waals surface area (Å²) in [6, 6.07) is 17.1. The molecular weight excluding hydrogens is 386 g/mol. The zero-order chi connectivity index (χ0) is 19.1. The molecule has 1 N–H and O–H groups in total. The van der Waals surface area contributed by atoms with Gasteiger partial charge in [0.25, 0.3) is 0 Å². The average molecular weight is 404 g/mol.